The standard InChI is InChI=1S/C25H28N4O2S.C23H26FN3O2S/c1-25(2)13-19-20(14-26)24(28-23(21(19)16-31-25)29-8-10-30-11-9-29)32-12-7-17-15-27-22-6-4-3-5-18(17)22;1-23(2)13-18-19(14-25)22(30-11-6-16-4-3-5-17(24)12-16)26-21(20(18)15-29-23)27-7-9-28-10-8-27/h3-6,15,27H,7-13,16H2,1-2H3;3-5,12H,6-11,13,15H2,1-2H3. The predicted octanol–water partition coefficient (Wildman–Crippen LogP) is 8.57. The molecule has 3 aromatic heterocycles. The SMILES string of the molecule is CC1(C)Cc2c(C#N)c(SCCc3c[nH]c4ccccc34)nc(N3CCOCC3)c2CO1.CC1(C)Cc2c(C#N)c(SCCc3cccc(F)c3)nc(N3CCOCC3)c2CO1. The van der Waals surface area contributed by atoms with Gasteiger partial charge in [0.05, 0.1) is 62.0 Å². The number of H-pyrrole nitrogens is 1. The molecule has 0 atom stereocenters. The molecule has 0 spiro atoms. The van der Waals surface area contributed by atoms with E-state index in [1.807, 2.05) is 12.1 Å². The number of rotatable bonds is 10. The van der Waals surface area contributed by atoms with E-state index in [9.17, 15) is 14.9 Å². The van der Waals surface area contributed by atoms with Gasteiger partial charge in [-0.15, -0.1) is 23.5 Å². The second-order valence-corrected chi connectivity index (χ2v) is 19.4. The topological polar surface area (TPSA) is 133 Å². The molecule has 11 nitrogen and oxygen atoms in total. The fraction of sp³-hybridized carbons (Fsp3) is 0.458. The van der Waals surface area contributed by atoms with Gasteiger partial charge in [0.2, 0.25) is 0 Å². The van der Waals surface area contributed by atoms with Gasteiger partial charge in [-0.3, -0.25) is 0 Å². The molecule has 2 fully saturated rings. The molecule has 9 rings (SSSR count). The van der Waals surface area contributed by atoms with Gasteiger partial charge in [0, 0.05) is 78.8 Å². The van der Waals surface area contributed by atoms with Gasteiger partial charge in [0.25, 0.3) is 0 Å². The Morgan fingerprint density at radius 1 is 0.710 bits per heavy atom. The number of thioether (sulfide) groups is 2. The summed E-state index contributed by atoms with van der Waals surface area (Å²) in [6.45, 7) is 15.2. The minimum Gasteiger partial charge on any atom is -0.378 e. The van der Waals surface area contributed by atoms with Gasteiger partial charge in [-0.2, -0.15) is 10.5 Å². The number of hydrogen-bond acceptors (Lipinski definition) is 12. The first kappa shape index (κ1) is 44.0. The fourth-order valence-electron chi connectivity index (χ4n) is 8.52. The Bertz CT molecular complexity index is 2480. The molecule has 324 valence electrons. The average molecular weight is 876 g/mol. The van der Waals surface area contributed by atoms with Crippen LogP contribution in [-0.4, -0.2) is 90.3 Å². The molecule has 0 aliphatic carbocycles. The Labute approximate surface area is 372 Å². The average Bonchev–Trinajstić information content (AvgIpc) is 3.69. The van der Waals surface area contributed by atoms with Crippen LogP contribution in [-0.2, 0) is 57.8 Å². The zero-order valence-corrected chi connectivity index (χ0v) is 37.7. The summed E-state index contributed by atoms with van der Waals surface area (Å²) in [5.74, 6) is 3.25. The molecule has 0 radical (unpaired) electrons. The number of aromatic amines is 1. The van der Waals surface area contributed by atoms with Gasteiger partial charge < -0.3 is 33.7 Å². The van der Waals surface area contributed by atoms with Crippen molar-refractivity contribution in [3.8, 4) is 12.1 Å². The monoisotopic (exact) mass is 875 g/mol. The number of aromatic nitrogens is 3. The Balaban J connectivity index is 0.000000171. The van der Waals surface area contributed by atoms with E-state index in [-0.39, 0.29) is 17.0 Å². The molecule has 5 aromatic rings. The van der Waals surface area contributed by atoms with Crippen LogP contribution in [0.15, 0.2) is 64.8 Å². The van der Waals surface area contributed by atoms with Crippen LogP contribution in [0.2, 0.25) is 0 Å². The minimum atomic E-state index is -0.314. The van der Waals surface area contributed by atoms with Crippen LogP contribution in [0.5, 0.6) is 0 Å². The molecule has 0 amide bonds. The second kappa shape index (κ2) is 19.4. The van der Waals surface area contributed by atoms with E-state index in [1.165, 1.54) is 17.0 Å². The minimum absolute atomic E-state index is 0.223. The van der Waals surface area contributed by atoms with Crippen molar-refractivity contribution < 1.29 is 23.3 Å². The van der Waals surface area contributed by atoms with Gasteiger partial charge in [-0.1, -0.05) is 30.3 Å². The number of nitriles is 2. The lowest BCUT2D eigenvalue weighted by Gasteiger charge is -2.37. The molecule has 14 heteroatoms. The molecule has 1 N–H and O–H groups in total. The van der Waals surface area contributed by atoms with E-state index >= 15 is 0 Å². The summed E-state index contributed by atoms with van der Waals surface area (Å²) in [7, 11) is 0. The lowest BCUT2D eigenvalue weighted by atomic mass is 9.89. The van der Waals surface area contributed by atoms with E-state index in [0.717, 1.165) is 111 Å². The third kappa shape index (κ3) is 10.1. The lowest BCUT2D eigenvalue weighted by molar-refractivity contribution is -0.0405. The van der Waals surface area contributed by atoms with Gasteiger partial charge >= 0.3 is 0 Å². The summed E-state index contributed by atoms with van der Waals surface area (Å²) in [6, 6.07) is 19.9. The number of morpholine rings is 2. The summed E-state index contributed by atoms with van der Waals surface area (Å²) in [4.78, 5) is 17.8. The van der Waals surface area contributed by atoms with Gasteiger partial charge in [-0.25, -0.2) is 14.4 Å². The summed E-state index contributed by atoms with van der Waals surface area (Å²) >= 11 is 3.25. The Kier molecular flexibility index (Phi) is 13.7. The number of nitrogens with one attached hydrogen (secondary N) is 1. The highest BCUT2D eigenvalue weighted by Gasteiger charge is 2.35. The molecule has 4 aliphatic rings. The number of benzene rings is 2. The predicted molar refractivity (Wildman–Crippen MR) is 243 cm³/mol. The number of pyridine rings is 2. The van der Waals surface area contributed by atoms with Crippen LogP contribution in [0.3, 0.4) is 0 Å². The molecule has 0 bridgehead atoms. The number of halogens is 1. The number of nitrogens with zero attached hydrogens (tertiary/aromatic N) is 6. The summed E-state index contributed by atoms with van der Waals surface area (Å²) in [5.41, 5.74) is 8.45. The van der Waals surface area contributed by atoms with Crippen LogP contribution in [0.1, 0.15) is 72.2 Å². The zero-order valence-electron chi connectivity index (χ0n) is 36.0. The van der Waals surface area contributed by atoms with E-state index in [1.54, 1.807) is 35.7 Å². The lowest BCUT2D eigenvalue weighted by Crippen LogP contribution is -2.39. The largest absolute Gasteiger partial charge is 0.378 e. The number of para-hydroxylation sites is 1. The highest BCUT2D eigenvalue weighted by Crippen LogP contribution is 2.41. The third-order valence-corrected chi connectivity index (χ3v) is 13.7. The van der Waals surface area contributed by atoms with Crippen LogP contribution in [0.4, 0.5) is 16.0 Å². The van der Waals surface area contributed by atoms with Gasteiger partial charge in [-0.05, 0) is 81.0 Å². The summed E-state index contributed by atoms with van der Waals surface area (Å²) in [6.07, 6.45) is 5.13. The van der Waals surface area contributed by atoms with Crippen molar-refractivity contribution in [1.29, 1.82) is 10.5 Å². The third-order valence-electron chi connectivity index (χ3n) is 11.8. The molecular formula is C48H54FN7O4S2. The quantitative estimate of drug-likeness (QED) is 0.135. The highest BCUT2D eigenvalue weighted by molar-refractivity contribution is 7.99. The number of ether oxygens (including phenoxy) is 4. The smallest absolute Gasteiger partial charge is 0.135 e. The maximum atomic E-state index is 13.5. The van der Waals surface area contributed by atoms with Crippen molar-refractivity contribution in [2.45, 2.75) is 87.8 Å². The molecule has 0 unspecified atom stereocenters. The maximum absolute atomic E-state index is 13.5. The first-order valence-electron chi connectivity index (χ1n) is 21.4. The van der Waals surface area contributed by atoms with Crippen LogP contribution in [0.25, 0.3) is 10.9 Å². The van der Waals surface area contributed by atoms with Crippen LogP contribution < -0.4 is 9.80 Å². The van der Waals surface area contributed by atoms with Crippen molar-refractivity contribution in [3.05, 3.63) is 105 Å². The first-order valence-corrected chi connectivity index (χ1v) is 23.4. The summed E-state index contributed by atoms with van der Waals surface area (Å²) < 4.78 is 36.7. The number of aryl methyl sites for hydroxylation is 2. The van der Waals surface area contributed by atoms with Crippen LogP contribution in [0, 0.1) is 28.5 Å². The van der Waals surface area contributed by atoms with E-state index in [4.69, 9.17) is 28.9 Å². The van der Waals surface area contributed by atoms with E-state index in [0.29, 0.717) is 58.0 Å². The normalized spacial score (nSPS) is 17.9. The highest BCUT2D eigenvalue weighted by atomic mass is 32.2. The van der Waals surface area contributed by atoms with E-state index in [2.05, 4.69) is 79.0 Å². The van der Waals surface area contributed by atoms with Crippen LogP contribution >= 0.6 is 23.5 Å². The van der Waals surface area contributed by atoms with E-state index < -0.39 is 0 Å². The second-order valence-electron chi connectivity index (χ2n) is 17.2. The number of hydrogen-bond donors (Lipinski definition) is 1. The van der Waals surface area contributed by atoms with Crippen molar-refractivity contribution in [3.63, 3.8) is 0 Å². The Morgan fingerprint density at radius 3 is 1.77 bits per heavy atom. The van der Waals surface area contributed by atoms with Crippen molar-refractivity contribution in [1.82, 2.24) is 15.0 Å². The molecule has 62 heavy (non-hydrogen) atoms. The molecule has 2 aromatic carbocycles. The molecular weight excluding hydrogens is 822 g/mol. The Hall–Kier alpha value is -4.67. The fourth-order valence-corrected chi connectivity index (χ4v) is 10.5. The van der Waals surface area contributed by atoms with Crippen molar-refractivity contribution >= 4 is 46.1 Å². The van der Waals surface area contributed by atoms with Gasteiger partial charge in [0.1, 0.15) is 39.6 Å². The molecule has 2 saturated heterocycles. The maximum Gasteiger partial charge on any atom is 0.135 e. The molecule has 0 saturated carbocycles. The zero-order chi connectivity index (χ0) is 43.3. The number of anilines is 2. The van der Waals surface area contributed by atoms with Crippen molar-refractivity contribution in [2.24, 2.45) is 0 Å². The van der Waals surface area contributed by atoms with Gasteiger partial charge in [0.15, 0.2) is 0 Å². The molecule has 4 aliphatic heterocycles. The first-order chi connectivity index (χ1) is 30.0. The Morgan fingerprint density at radius 2 is 1.24 bits per heavy atom. The molecule has 7 heterocycles. The number of fused-ring (bicyclic) bond motifs is 3. The summed E-state index contributed by atoms with van der Waals surface area (Å²) in [5, 5.41) is 22.9. The van der Waals surface area contributed by atoms with Crippen molar-refractivity contribution in [2.75, 3.05) is 73.9 Å².